The Kier molecular flexibility index (Phi) is 5.91. The zero-order valence-electron chi connectivity index (χ0n) is 14.2. The predicted octanol–water partition coefficient (Wildman–Crippen LogP) is 4.66. The Balaban J connectivity index is 1.92. The Hall–Kier alpha value is -2.16. The number of benzene rings is 1. The number of aryl methyl sites for hydroxylation is 1. The third kappa shape index (κ3) is 5.51. The average molecular weight is 311 g/mol. The summed E-state index contributed by atoms with van der Waals surface area (Å²) in [7, 11) is 0. The molecule has 0 aliphatic carbocycles. The van der Waals surface area contributed by atoms with Crippen LogP contribution in [0.4, 0.5) is 0 Å². The summed E-state index contributed by atoms with van der Waals surface area (Å²) in [6.45, 7) is 6.52. The summed E-state index contributed by atoms with van der Waals surface area (Å²) < 4.78 is 5.05. The number of pyridine rings is 1. The number of carbonyl (C=O) groups excluding carboxylic acids is 1. The maximum Gasteiger partial charge on any atom is 0.306 e. The number of esters is 1. The molecule has 122 valence electrons. The first-order chi connectivity index (χ1) is 11.0. The lowest BCUT2D eigenvalue weighted by molar-refractivity contribution is -0.145. The van der Waals surface area contributed by atoms with E-state index in [1.165, 1.54) is 5.56 Å². The summed E-state index contributed by atoms with van der Waals surface area (Å²) in [6, 6.07) is 14.4. The van der Waals surface area contributed by atoms with E-state index in [4.69, 9.17) is 4.74 Å². The van der Waals surface area contributed by atoms with Crippen molar-refractivity contribution in [2.75, 3.05) is 6.61 Å². The van der Waals surface area contributed by atoms with Gasteiger partial charge in [-0.25, -0.2) is 0 Å². The van der Waals surface area contributed by atoms with Crippen LogP contribution >= 0.6 is 0 Å². The van der Waals surface area contributed by atoms with Crippen molar-refractivity contribution in [1.29, 1.82) is 0 Å². The van der Waals surface area contributed by atoms with Crippen molar-refractivity contribution in [3.8, 4) is 11.3 Å². The number of hydrogen-bond acceptors (Lipinski definition) is 3. The predicted molar refractivity (Wildman–Crippen MR) is 93.0 cm³/mol. The Morgan fingerprint density at radius 2 is 1.87 bits per heavy atom. The summed E-state index contributed by atoms with van der Waals surface area (Å²) in [5.74, 6) is -0.108. The molecule has 0 N–H and O–H groups in total. The third-order valence-electron chi connectivity index (χ3n) is 3.93. The molecule has 2 rings (SSSR count). The van der Waals surface area contributed by atoms with Crippen LogP contribution in [0, 0.1) is 5.41 Å². The minimum atomic E-state index is -0.108. The first kappa shape index (κ1) is 17.2. The van der Waals surface area contributed by atoms with Crippen LogP contribution in [0.1, 0.15) is 39.2 Å². The van der Waals surface area contributed by atoms with Crippen molar-refractivity contribution in [3.63, 3.8) is 0 Å². The van der Waals surface area contributed by atoms with E-state index in [9.17, 15) is 4.79 Å². The number of ether oxygens (including phenoxy) is 1. The molecule has 0 spiro atoms. The van der Waals surface area contributed by atoms with Crippen molar-refractivity contribution < 1.29 is 9.53 Å². The van der Waals surface area contributed by atoms with Crippen LogP contribution in [0.2, 0.25) is 0 Å². The molecule has 0 aliphatic rings. The number of rotatable bonds is 7. The first-order valence-corrected chi connectivity index (χ1v) is 8.16. The molecule has 0 saturated heterocycles. The van der Waals surface area contributed by atoms with Gasteiger partial charge in [0.15, 0.2) is 0 Å². The second-order valence-corrected chi connectivity index (χ2v) is 6.56. The van der Waals surface area contributed by atoms with Crippen molar-refractivity contribution in [2.45, 2.75) is 40.0 Å². The highest BCUT2D eigenvalue weighted by atomic mass is 16.5. The standard InChI is InChI=1S/C20H25NO2/c1-4-23-19(22)15-20(2,3)13-12-16-8-10-17(11-9-16)18-7-5-6-14-21-18/h5-11,14H,4,12-13,15H2,1-3H3. The minimum absolute atomic E-state index is 0.0497. The molecule has 3 nitrogen and oxygen atoms in total. The molecule has 0 fully saturated rings. The van der Waals surface area contributed by atoms with Crippen LogP contribution in [0.5, 0.6) is 0 Å². The molecule has 1 aromatic heterocycles. The van der Waals surface area contributed by atoms with E-state index >= 15 is 0 Å². The topological polar surface area (TPSA) is 39.2 Å². The number of carbonyl (C=O) groups is 1. The van der Waals surface area contributed by atoms with E-state index in [0.717, 1.165) is 24.1 Å². The number of nitrogens with zero attached hydrogens (tertiary/aromatic N) is 1. The summed E-state index contributed by atoms with van der Waals surface area (Å²) in [5, 5.41) is 0. The summed E-state index contributed by atoms with van der Waals surface area (Å²) in [5.41, 5.74) is 3.34. The van der Waals surface area contributed by atoms with Crippen molar-refractivity contribution in [3.05, 3.63) is 54.2 Å². The minimum Gasteiger partial charge on any atom is -0.466 e. The first-order valence-electron chi connectivity index (χ1n) is 8.16. The lowest BCUT2D eigenvalue weighted by Gasteiger charge is -2.23. The van der Waals surface area contributed by atoms with Gasteiger partial charge in [0.2, 0.25) is 0 Å². The van der Waals surface area contributed by atoms with Gasteiger partial charge in [0.25, 0.3) is 0 Å². The van der Waals surface area contributed by atoms with Crippen LogP contribution in [-0.4, -0.2) is 17.6 Å². The Bertz CT molecular complexity index is 618. The second kappa shape index (κ2) is 7.91. The molecule has 3 heteroatoms. The smallest absolute Gasteiger partial charge is 0.306 e. The fourth-order valence-electron chi connectivity index (χ4n) is 2.55. The molecule has 0 radical (unpaired) electrons. The van der Waals surface area contributed by atoms with Gasteiger partial charge >= 0.3 is 5.97 Å². The number of aromatic nitrogens is 1. The average Bonchev–Trinajstić information content (AvgIpc) is 2.54. The van der Waals surface area contributed by atoms with Crippen LogP contribution in [0.25, 0.3) is 11.3 Å². The highest BCUT2D eigenvalue weighted by molar-refractivity contribution is 5.70. The fraction of sp³-hybridized carbons (Fsp3) is 0.400. The van der Waals surface area contributed by atoms with Crippen molar-refractivity contribution in [1.82, 2.24) is 4.98 Å². The maximum atomic E-state index is 11.6. The van der Waals surface area contributed by atoms with Crippen molar-refractivity contribution in [2.24, 2.45) is 5.41 Å². The summed E-state index contributed by atoms with van der Waals surface area (Å²) in [6.07, 6.45) is 4.18. The van der Waals surface area contributed by atoms with Gasteiger partial charge in [-0.3, -0.25) is 9.78 Å². The van der Waals surface area contributed by atoms with Gasteiger partial charge in [-0.15, -0.1) is 0 Å². The Morgan fingerprint density at radius 1 is 1.13 bits per heavy atom. The van der Waals surface area contributed by atoms with Crippen molar-refractivity contribution >= 4 is 5.97 Å². The van der Waals surface area contributed by atoms with Crippen LogP contribution in [-0.2, 0) is 16.0 Å². The molecule has 0 amide bonds. The van der Waals surface area contributed by atoms with Gasteiger partial charge in [-0.2, -0.15) is 0 Å². The van der Waals surface area contributed by atoms with Crippen LogP contribution in [0.3, 0.4) is 0 Å². The van der Waals surface area contributed by atoms with Gasteiger partial charge in [0.1, 0.15) is 0 Å². The summed E-state index contributed by atoms with van der Waals surface area (Å²) >= 11 is 0. The van der Waals surface area contributed by atoms with E-state index in [1.54, 1.807) is 6.20 Å². The molecule has 1 heterocycles. The van der Waals surface area contributed by atoms with E-state index in [2.05, 4.69) is 43.1 Å². The quantitative estimate of drug-likeness (QED) is 0.698. The largest absolute Gasteiger partial charge is 0.466 e. The summed E-state index contributed by atoms with van der Waals surface area (Å²) in [4.78, 5) is 16.0. The molecule has 1 aromatic carbocycles. The second-order valence-electron chi connectivity index (χ2n) is 6.56. The SMILES string of the molecule is CCOC(=O)CC(C)(C)CCc1ccc(-c2ccccn2)cc1. The zero-order valence-corrected chi connectivity index (χ0v) is 14.2. The molecule has 0 saturated carbocycles. The molecule has 0 atom stereocenters. The van der Waals surface area contributed by atoms with E-state index < -0.39 is 0 Å². The van der Waals surface area contributed by atoms with E-state index in [-0.39, 0.29) is 11.4 Å². The van der Waals surface area contributed by atoms with Gasteiger partial charge in [-0.05, 0) is 42.9 Å². The van der Waals surface area contributed by atoms with E-state index in [0.29, 0.717) is 13.0 Å². The van der Waals surface area contributed by atoms with Gasteiger partial charge < -0.3 is 4.74 Å². The molecular weight excluding hydrogens is 286 g/mol. The van der Waals surface area contributed by atoms with Gasteiger partial charge in [0.05, 0.1) is 18.7 Å². The zero-order chi connectivity index (χ0) is 16.7. The molecule has 0 bridgehead atoms. The highest BCUT2D eigenvalue weighted by Crippen LogP contribution is 2.28. The lowest BCUT2D eigenvalue weighted by atomic mass is 9.83. The molecule has 0 unspecified atom stereocenters. The number of hydrogen-bond donors (Lipinski definition) is 0. The van der Waals surface area contributed by atoms with E-state index in [1.807, 2.05) is 25.1 Å². The maximum absolute atomic E-state index is 11.6. The monoisotopic (exact) mass is 311 g/mol. The normalized spacial score (nSPS) is 11.3. The molecular formula is C20H25NO2. The Labute approximate surface area is 138 Å². The molecule has 0 aliphatic heterocycles. The van der Waals surface area contributed by atoms with Crippen LogP contribution < -0.4 is 0 Å². The van der Waals surface area contributed by atoms with Crippen LogP contribution in [0.15, 0.2) is 48.7 Å². The highest BCUT2D eigenvalue weighted by Gasteiger charge is 2.22. The molecule has 23 heavy (non-hydrogen) atoms. The Morgan fingerprint density at radius 3 is 2.48 bits per heavy atom. The fourth-order valence-corrected chi connectivity index (χ4v) is 2.55. The van der Waals surface area contributed by atoms with Gasteiger partial charge in [0, 0.05) is 11.8 Å². The van der Waals surface area contributed by atoms with Gasteiger partial charge in [-0.1, -0.05) is 44.2 Å². The molecule has 2 aromatic rings. The lowest BCUT2D eigenvalue weighted by Crippen LogP contribution is -2.19. The third-order valence-corrected chi connectivity index (χ3v) is 3.93.